The van der Waals surface area contributed by atoms with Gasteiger partial charge in [0, 0.05) is 30.8 Å². The quantitative estimate of drug-likeness (QED) is 0.665. The predicted molar refractivity (Wildman–Crippen MR) is 95.4 cm³/mol. The summed E-state index contributed by atoms with van der Waals surface area (Å²) in [5, 5.41) is 12.5. The fourth-order valence-electron chi connectivity index (χ4n) is 2.64. The molecule has 0 bridgehead atoms. The van der Waals surface area contributed by atoms with Crippen molar-refractivity contribution in [1.29, 1.82) is 0 Å². The topological polar surface area (TPSA) is 73.1 Å². The van der Waals surface area contributed by atoms with Gasteiger partial charge in [-0.25, -0.2) is 9.07 Å². The molecule has 10 heteroatoms. The van der Waals surface area contributed by atoms with Crippen LogP contribution in [-0.4, -0.2) is 56.5 Å². The third-order valence-corrected chi connectivity index (χ3v) is 5.40. The molecular weight excluding hydrogens is 381 g/mol. The molecule has 1 aromatic carbocycles. The first-order valence-electron chi connectivity index (χ1n) is 8.22. The van der Waals surface area contributed by atoms with E-state index in [4.69, 9.17) is 16.3 Å². The van der Waals surface area contributed by atoms with E-state index in [-0.39, 0.29) is 24.3 Å². The highest BCUT2D eigenvalue weighted by Gasteiger charge is 2.20. The summed E-state index contributed by atoms with van der Waals surface area (Å²) < 4.78 is 21.1. The Labute approximate surface area is 159 Å². The Kier molecular flexibility index (Phi) is 6.44. The largest absolute Gasteiger partial charge is 0.376 e. The summed E-state index contributed by atoms with van der Waals surface area (Å²) in [5.74, 6) is -0.444. The first-order chi connectivity index (χ1) is 12.5. The molecule has 0 spiro atoms. The SMILES string of the molecule is CN(Cc1c(F)cccc1Cl)C(=O)CSc1nnnn1CC1CCCO1. The Morgan fingerprint density at radius 2 is 2.38 bits per heavy atom. The third-order valence-electron chi connectivity index (χ3n) is 4.11. The molecule has 1 aliphatic heterocycles. The van der Waals surface area contributed by atoms with Crippen LogP contribution in [0.3, 0.4) is 0 Å². The number of amides is 1. The Morgan fingerprint density at radius 3 is 3.12 bits per heavy atom. The van der Waals surface area contributed by atoms with Gasteiger partial charge in [-0.05, 0) is 35.4 Å². The van der Waals surface area contributed by atoms with Gasteiger partial charge in [-0.2, -0.15) is 0 Å². The van der Waals surface area contributed by atoms with Crippen molar-refractivity contribution in [2.45, 2.75) is 37.2 Å². The van der Waals surface area contributed by atoms with E-state index in [0.717, 1.165) is 19.4 Å². The van der Waals surface area contributed by atoms with Gasteiger partial charge in [0.1, 0.15) is 5.82 Å². The highest BCUT2D eigenvalue weighted by atomic mass is 35.5. The summed E-state index contributed by atoms with van der Waals surface area (Å²) in [4.78, 5) is 13.8. The Hall–Kier alpha value is -1.71. The van der Waals surface area contributed by atoms with Crippen molar-refractivity contribution in [3.63, 3.8) is 0 Å². The molecule has 0 aliphatic carbocycles. The van der Waals surface area contributed by atoms with Crippen molar-refractivity contribution in [3.8, 4) is 0 Å². The number of carbonyl (C=O) groups excluding carboxylic acids is 1. The van der Waals surface area contributed by atoms with Gasteiger partial charge in [-0.1, -0.05) is 29.4 Å². The highest BCUT2D eigenvalue weighted by Crippen LogP contribution is 2.22. The molecule has 1 amide bonds. The zero-order chi connectivity index (χ0) is 18.5. The number of ether oxygens (including phenoxy) is 1. The molecule has 3 rings (SSSR count). The van der Waals surface area contributed by atoms with Crippen LogP contribution in [0.4, 0.5) is 4.39 Å². The second-order valence-electron chi connectivity index (χ2n) is 6.02. The molecule has 2 aromatic rings. The number of aromatic nitrogens is 4. The molecule has 26 heavy (non-hydrogen) atoms. The van der Waals surface area contributed by atoms with Crippen LogP contribution in [0.1, 0.15) is 18.4 Å². The summed E-state index contributed by atoms with van der Waals surface area (Å²) in [5.41, 5.74) is 0.304. The van der Waals surface area contributed by atoms with Gasteiger partial charge in [-0.15, -0.1) is 5.10 Å². The van der Waals surface area contributed by atoms with E-state index in [9.17, 15) is 9.18 Å². The minimum atomic E-state index is -0.426. The number of benzene rings is 1. The normalized spacial score (nSPS) is 16.8. The summed E-state index contributed by atoms with van der Waals surface area (Å²) in [6, 6.07) is 4.46. The lowest BCUT2D eigenvalue weighted by molar-refractivity contribution is -0.127. The standard InChI is InChI=1S/C16H19ClFN5O2S/c1-22(9-12-13(17)5-2-6-14(12)18)15(24)10-26-16-19-20-21-23(16)8-11-4-3-7-25-11/h2,5-6,11H,3-4,7-10H2,1H3. The van der Waals surface area contributed by atoms with Gasteiger partial charge >= 0.3 is 0 Å². The van der Waals surface area contributed by atoms with Gasteiger partial charge in [0.15, 0.2) is 0 Å². The zero-order valence-corrected chi connectivity index (χ0v) is 15.8. The maximum atomic E-state index is 13.9. The molecule has 1 aromatic heterocycles. The molecule has 1 atom stereocenters. The number of hydrogen-bond acceptors (Lipinski definition) is 6. The van der Waals surface area contributed by atoms with Crippen LogP contribution in [0.25, 0.3) is 0 Å². The second-order valence-corrected chi connectivity index (χ2v) is 7.37. The van der Waals surface area contributed by atoms with E-state index in [2.05, 4.69) is 15.5 Å². The highest BCUT2D eigenvalue weighted by molar-refractivity contribution is 7.99. The van der Waals surface area contributed by atoms with Crippen LogP contribution in [-0.2, 0) is 22.6 Å². The minimum Gasteiger partial charge on any atom is -0.376 e. The minimum absolute atomic E-state index is 0.103. The lowest BCUT2D eigenvalue weighted by Crippen LogP contribution is -2.28. The summed E-state index contributed by atoms with van der Waals surface area (Å²) in [6.07, 6.45) is 2.13. The van der Waals surface area contributed by atoms with Crippen LogP contribution >= 0.6 is 23.4 Å². The van der Waals surface area contributed by atoms with E-state index in [1.165, 1.54) is 28.8 Å². The average Bonchev–Trinajstić information content (AvgIpc) is 3.28. The van der Waals surface area contributed by atoms with Crippen LogP contribution in [0, 0.1) is 5.82 Å². The van der Waals surface area contributed by atoms with Crippen molar-refractivity contribution in [2.75, 3.05) is 19.4 Å². The van der Waals surface area contributed by atoms with Crippen molar-refractivity contribution in [2.24, 2.45) is 0 Å². The van der Waals surface area contributed by atoms with Gasteiger partial charge in [-0.3, -0.25) is 4.79 Å². The average molecular weight is 400 g/mol. The number of tetrazole rings is 1. The molecular formula is C16H19ClFN5O2S. The number of halogens is 2. The Morgan fingerprint density at radius 1 is 1.54 bits per heavy atom. The zero-order valence-electron chi connectivity index (χ0n) is 14.3. The van der Waals surface area contributed by atoms with Gasteiger partial charge < -0.3 is 9.64 Å². The number of rotatable bonds is 7. The number of carbonyl (C=O) groups is 1. The van der Waals surface area contributed by atoms with Crippen LogP contribution in [0.2, 0.25) is 5.02 Å². The Bertz CT molecular complexity index is 749. The van der Waals surface area contributed by atoms with Crippen molar-refractivity contribution < 1.29 is 13.9 Å². The first-order valence-corrected chi connectivity index (χ1v) is 9.58. The molecule has 7 nitrogen and oxygen atoms in total. The molecule has 2 heterocycles. The molecule has 1 unspecified atom stereocenters. The molecule has 140 valence electrons. The van der Waals surface area contributed by atoms with Gasteiger partial charge in [0.2, 0.25) is 11.1 Å². The van der Waals surface area contributed by atoms with Crippen LogP contribution in [0.5, 0.6) is 0 Å². The monoisotopic (exact) mass is 399 g/mol. The summed E-state index contributed by atoms with van der Waals surface area (Å²) in [6.45, 7) is 1.44. The summed E-state index contributed by atoms with van der Waals surface area (Å²) >= 11 is 7.26. The third kappa shape index (κ3) is 4.72. The number of hydrogen-bond donors (Lipinski definition) is 0. The fraction of sp³-hybridized carbons (Fsp3) is 0.500. The van der Waals surface area contributed by atoms with E-state index in [1.54, 1.807) is 17.8 Å². The molecule has 1 aliphatic rings. The fourth-order valence-corrected chi connectivity index (χ4v) is 3.69. The predicted octanol–water partition coefficient (Wildman–Crippen LogP) is 2.40. The van der Waals surface area contributed by atoms with E-state index in [0.29, 0.717) is 22.3 Å². The first kappa shape index (κ1) is 19.1. The van der Waals surface area contributed by atoms with Crippen molar-refractivity contribution in [3.05, 3.63) is 34.6 Å². The van der Waals surface area contributed by atoms with E-state index in [1.807, 2.05) is 0 Å². The van der Waals surface area contributed by atoms with Gasteiger partial charge in [0.05, 0.1) is 18.4 Å². The Balaban J connectivity index is 1.54. The lowest BCUT2D eigenvalue weighted by Gasteiger charge is -2.18. The molecule has 1 fully saturated rings. The van der Waals surface area contributed by atoms with Crippen LogP contribution < -0.4 is 0 Å². The molecule has 0 saturated carbocycles. The van der Waals surface area contributed by atoms with Crippen molar-refractivity contribution in [1.82, 2.24) is 25.1 Å². The maximum Gasteiger partial charge on any atom is 0.233 e. The second kappa shape index (κ2) is 8.79. The van der Waals surface area contributed by atoms with Crippen molar-refractivity contribution >= 4 is 29.3 Å². The lowest BCUT2D eigenvalue weighted by atomic mass is 10.2. The van der Waals surface area contributed by atoms with Crippen LogP contribution in [0.15, 0.2) is 23.4 Å². The van der Waals surface area contributed by atoms with E-state index >= 15 is 0 Å². The molecule has 0 radical (unpaired) electrons. The molecule has 1 saturated heterocycles. The molecule has 0 N–H and O–H groups in total. The summed E-state index contributed by atoms with van der Waals surface area (Å²) in [7, 11) is 1.61. The smallest absolute Gasteiger partial charge is 0.233 e. The maximum absolute atomic E-state index is 13.9. The van der Waals surface area contributed by atoms with E-state index < -0.39 is 5.82 Å². The van der Waals surface area contributed by atoms with Gasteiger partial charge in [0.25, 0.3) is 0 Å². The number of thioether (sulfide) groups is 1. The number of nitrogens with zero attached hydrogens (tertiary/aromatic N) is 5.